The van der Waals surface area contributed by atoms with Crippen LogP contribution in [0.25, 0.3) is 0 Å². The van der Waals surface area contributed by atoms with Gasteiger partial charge in [0.15, 0.2) is 0 Å². The van der Waals surface area contributed by atoms with E-state index < -0.39 is 0 Å². The van der Waals surface area contributed by atoms with Crippen molar-refractivity contribution in [2.75, 3.05) is 7.05 Å². The van der Waals surface area contributed by atoms with E-state index in [4.69, 9.17) is 0 Å². The lowest BCUT2D eigenvalue weighted by atomic mass is 10.1. The van der Waals surface area contributed by atoms with Crippen molar-refractivity contribution in [1.82, 2.24) is 10.4 Å². The maximum Gasteiger partial charge on any atom is 0.265 e. The van der Waals surface area contributed by atoms with Crippen LogP contribution in [-0.2, 0) is 6.54 Å². The Hall–Kier alpha value is -1.35. The molecule has 0 spiro atoms. The SMILES string of the molecule is CN1Cc2ccccc2C(=O)N1. The van der Waals surface area contributed by atoms with Crippen LogP contribution in [-0.4, -0.2) is 18.0 Å². The summed E-state index contributed by atoms with van der Waals surface area (Å²) in [6.07, 6.45) is 0. The number of carbonyl (C=O) groups excluding carboxylic acids is 1. The van der Waals surface area contributed by atoms with Crippen LogP contribution in [0.2, 0.25) is 0 Å². The van der Waals surface area contributed by atoms with Gasteiger partial charge in [-0.1, -0.05) is 18.2 Å². The van der Waals surface area contributed by atoms with E-state index in [1.165, 1.54) is 0 Å². The number of hydrogen-bond donors (Lipinski definition) is 1. The summed E-state index contributed by atoms with van der Waals surface area (Å²) >= 11 is 0. The van der Waals surface area contributed by atoms with Gasteiger partial charge in [-0.2, -0.15) is 0 Å². The van der Waals surface area contributed by atoms with E-state index in [9.17, 15) is 4.79 Å². The molecule has 0 fully saturated rings. The Bertz CT molecular complexity index is 322. The Morgan fingerprint density at radius 2 is 2.17 bits per heavy atom. The smallest absolute Gasteiger partial charge is 0.265 e. The molecule has 0 bridgehead atoms. The number of hydrogen-bond acceptors (Lipinski definition) is 2. The van der Waals surface area contributed by atoms with Crippen molar-refractivity contribution in [1.29, 1.82) is 0 Å². The molecule has 1 amide bonds. The van der Waals surface area contributed by atoms with Gasteiger partial charge in [0.2, 0.25) is 0 Å². The predicted molar refractivity (Wildman–Crippen MR) is 45.4 cm³/mol. The number of carbonyl (C=O) groups is 1. The first-order valence-electron chi connectivity index (χ1n) is 3.87. The minimum absolute atomic E-state index is 0.0145. The number of benzene rings is 1. The van der Waals surface area contributed by atoms with Crippen LogP contribution in [0.4, 0.5) is 0 Å². The van der Waals surface area contributed by atoms with Crippen molar-refractivity contribution in [2.24, 2.45) is 0 Å². The molecule has 2 rings (SSSR count). The van der Waals surface area contributed by atoms with Gasteiger partial charge in [0.1, 0.15) is 0 Å². The lowest BCUT2D eigenvalue weighted by Gasteiger charge is -2.24. The second kappa shape index (κ2) is 2.60. The molecule has 1 aromatic carbocycles. The van der Waals surface area contributed by atoms with Gasteiger partial charge in [-0.25, -0.2) is 5.01 Å². The molecule has 1 N–H and O–H groups in total. The zero-order valence-corrected chi connectivity index (χ0v) is 6.87. The van der Waals surface area contributed by atoms with E-state index in [1.807, 2.05) is 31.3 Å². The van der Waals surface area contributed by atoms with Gasteiger partial charge in [-0.05, 0) is 11.6 Å². The van der Waals surface area contributed by atoms with Crippen LogP contribution in [0.15, 0.2) is 24.3 Å². The van der Waals surface area contributed by atoms with E-state index in [0.717, 1.165) is 17.7 Å². The minimum atomic E-state index is -0.0145. The summed E-state index contributed by atoms with van der Waals surface area (Å²) in [7, 11) is 1.86. The predicted octanol–water partition coefficient (Wildman–Crippen LogP) is 0.777. The summed E-state index contributed by atoms with van der Waals surface area (Å²) in [5.41, 5.74) is 4.60. The molecule has 12 heavy (non-hydrogen) atoms. The fraction of sp³-hybridized carbons (Fsp3) is 0.222. The number of nitrogens with zero attached hydrogens (tertiary/aromatic N) is 1. The van der Waals surface area contributed by atoms with Gasteiger partial charge < -0.3 is 0 Å². The zero-order chi connectivity index (χ0) is 8.55. The van der Waals surface area contributed by atoms with Crippen LogP contribution in [0.5, 0.6) is 0 Å². The average Bonchev–Trinajstić information content (AvgIpc) is 2.04. The molecule has 0 saturated carbocycles. The highest BCUT2D eigenvalue weighted by Gasteiger charge is 2.18. The molecular weight excluding hydrogens is 152 g/mol. The van der Waals surface area contributed by atoms with Crippen molar-refractivity contribution < 1.29 is 4.79 Å². The second-order valence-electron chi connectivity index (χ2n) is 2.95. The Balaban J connectivity index is 2.47. The van der Waals surface area contributed by atoms with Crippen molar-refractivity contribution in [3.63, 3.8) is 0 Å². The summed E-state index contributed by atoms with van der Waals surface area (Å²) < 4.78 is 0. The number of hydrazine groups is 1. The zero-order valence-electron chi connectivity index (χ0n) is 6.87. The van der Waals surface area contributed by atoms with E-state index in [1.54, 1.807) is 5.01 Å². The molecular formula is C9H10N2O. The third kappa shape index (κ3) is 1.08. The van der Waals surface area contributed by atoms with Crippen LogP contribution >= 0.6 is 0 Å². The van der Waals surface area contributed by atoms with Crippen molar-refractivity contribution >= 4 is 5.91 Å². The molecule has 0 radical (unpaired) electrons. The molecule has 1 aliphatic rings. The number of fused-ring (bicyclic) bond motifs is 1. The summed E-state index contributed by atoms with van der Waals surface area (Å²) in [6.45, 7) is 0.780. The van der Waals surface area contributed by atoms with Crippen LogP contribution < -0.4 is 5.43 Å². The number of nitrogens with one attached hydrogen (secondary N) is 1. The Morgan fingerprint density at radius 1 is 1.42 bits per heavy atom. The Kier molecular flexibility index (Phi) is 1.59. The molecule has 0 saturated heterocycles. The number of rotatable bonds is 0. The highest BCUT2D eigenvalue weighted by atomic mass is 16.2. The van der Waals surface area contributed by atoms with Crippen LogP contribution in [0, 0.1) is 0 Å². The fourth-order valence-electron chi connectivity index (χ4n) is 1.41. The van der Waals surface area contributed by atoms with Gasteiger partial charge in [-0.15, -0.1) is 0 Å². The maximum atomic E-state index is 11.3. The third-order valence-corrected chi connectivity index (χ3v) is 1.96. The fourth-order valence-corrected chi connectivity index (χ4v) is 1.41. The quantitative estimate of drug-likeness (QED) is 0.611. The summed E-state index contributed by atoms with van der Waals surface area (Å²) in [4.78, 5) is 11.3. The monoisotopic (exact) mass is 162 g/mol. The topological polar surface area (TPSA) is 32.3 Å². The van der Waals surface area contributed by atoms with Gasteiger partial charge in [0.25, 0.3) is 5.91 Å². The Morgan fingerprint density at radius 3 is 3.00 bits per heavy atom. The lowest BCUT2D eigenvalue weighted by molar-refractivity contribution is 0.0786. The first-order chi connectivity index (χ1) is 5.77. The Labute approximate surface area is 71.0 Å². The van der Waals surface area contributed by atoms with E-state index in [0.29, 0.717) is 0 Å². The summed E-state index contributed by atoms with van der Waals surface area (Å²) in [5, 5.41) is 1.78. The molecule has 0 atom stereocenters. The highest BCUT2D eigenvalue weighted by Crippen LogP contribution is 2.13. The average molecular weight is 162 g/mol. The molecule has 62 valence electrons. The van der Waals surface area contributed by atoms with Crippen LogP contribution in [0.1, 0.15) is 15.9 Å². The van der Waals surface area contributed by atoms with E-state index in [-0.39, 0.29) is 5.91 Å². The van der Waals surface area contributed by atoms with E-state index in [2.05, 4.69) is 5.43 Å². The normalized spacial score (nSPS) is 16.9. The van der Waals surface area contributed by atoms with Crippen molar-refractivity contribution in [3.05, 3.63) is 35.4 Å². The molecule has 1 aliphatic heterocycles. The van der Waals surface area contributed by atoms with Gasteiger partial charge >= 0.3 is 0 Å². The molecule has 1 aromatic rings. The number of amides is 1. The molecule has 0 aromatic heterocycles. The summed E-state index contributed by atoms with van der Waals surface area (Å²) in [6, 6.07) is 7.65. The van der Waals surface area contributed by atoms with Gasteiger partial charge in [-0.3, -0.25) is 10.2 Å². The molecule has 3 heteroatoms. The largest absolute Gasteiger partial charge is 0.285 e. The summed E-state index contributed by atoms with van der Waals surface area (Å²) in [5.74, 6) is -0.0145. The first-order valence-corrected chi connectivity index (χ1v) is 3.87. The van der Waals surface area contributed by atoms with Gasteiger partial charge in [0, 0.05) is 19.2 Å². The first kappa shape index (κ1) is 7.31. The molecule has 1 heterocycles. The van der Waals surface area contributed by atoms with Crippen molar-refractivity contribution in [3.8, 4) is 0 Å². The van der Waals surface area contributed by atoms with Crippen molar-refractivity contribution in [2.45, 2.75) is 6.54 Å². The molecule has 0 aliphatic carbocycles. The highest BCUT2D eigenvalue weighted by molar-refractivity contribution is 5.96. The van der Waals surface area contributed by atoms with Gasteiger partial charge in [0.05, 0.1) is 0 Å². The standard InChI is InChI=1S/C9H10N2O/c1-11-6-7-4-2-3-5-8(7)9(12)10-11/h2-5H,6H2,1H3,(H,10,12). The van der Waals surface area contributed by atoms with Crippen LogP contribution in [0.3, 0.4) is 0 Å². The maximum absolute atomic E-state index is 11.3. The minimum Gasteiger partial charge on any atom is -0.285 e. The molecule has 0 unspecified atom stereocenters. The lowest BCUT2D eigenvalue weighted by Crippen LogP contribution is -2.43. The van der Waals surface area contributed by atoms with E-state index >= 15 is 0 Å². The molecule has 3 nitrogen and oxygen atoms in total. The third-order valence-electron chi connectivity index (χ3n) is 1.96. The second-order valence-corrected chi connectivity index (χ2v) is 2.95.